The maximum absolute atomic E-state index is 11.7. The first-order chi connectivity index (χ1) is 10.7. The van der Waals surface area contributed by atoms with Gasteiger partial charge in [0.25, 0.3) is 5.91 Å². The fourth-order valence-electron chi connectivity index (χ4n) is 1.88. The van der Waals surface area contributed by atoms with E-state index in [1.165, 1.54) is 12.8 Å². The van der Waals surface area contributed by atoms with Crippen molar-refractivity contribution in [2.24, 2.45) is 5.92 Å². The van der Waals surface area contributed by atoms with Crippen molar-refractivity contribution in [2.45, 2.75) is 19.8 Å². The Morgan fingerprint density at radius 3 is 2.55 bits per heavy atom. The van der Waals surface area contributed by atoms with Crippen LogP contribution in [0.25, 0.3) is 0 Å². The highest BCUT2D eigenvalue weighted by atomic mass is 16.5. The van der Waals surface area contributed by atoms with E-state index >= 15 is 0 Å². The molecular weight excluding hydrogens is 284 g/mol. The number of amides is 1. The van der Waals surface area contributed by atoms with E-state index in [0.717, 1.165) is 18.3 Å². The van der Waals surface area contributed by atoms with Crippen LogP contribution < -0.4 is 14.8 Å². The van der Waals surface area contributed by atoms with Crippen LogP contribution in [0.1, 0.15) is 18.6 Å². The molecule has 6 heteroatoms. The molecule has 0 saturated heterocycles. The van der Waals surface area contributed by atoms with Crippen molar-refractivity contribution >= 4 is 11.7 Å². The minimum absolute atomic E-state index is 0.0891. The summed E-state index contributed by atoms with van der Waals surface area (Å²) in [5.41, 5.74) is 0. The quantitative estimate of drug-likeness (QED) is 0.851. The molecule has 1 aromatic heterocycles. The van der Waals surface area contributed by atoms with Crippen molar-refractivity contribution in [1.82, 2.24) is 5.16 Å². The lowest BCUT2D eigenvalue weighted by atomic mass is 10.3. The highest BCUT2D eigenvalue weighted by Gasteiger charge is 2.21. The van der Waals surface area contributed by atoms with Gasteiger partial charge in [0.2, 0.25) is 0 Å². The Balaban J connectivity index is 1.43. The van der Waals surface area contributed by atoms with Gasteiger partial charge in [0.1, 0.15) is 17.3 Å². The molecule has 0 aliphatic heterocycles. The molecule has 2 aromatic rings. The summed E-state index contributed by atoms with van der Waals surface area (Å²) in [5.74, 6) is 2.89. The molecular formula is C16H18N2O4. The molecule has 0 bridgehead atoms. The van der Waals surface area contributed by atoms with Crippen LogP contribution in [0.5, 0.6) is 11.5 Å². The number of aryl methyl sites for hydroxylation is 1. The summed E-state index contributed by atoms with van der Waals surface area (Å²) in [4.78, 5) is 11.7. The normalized spacial score (nSPS) is 13.7. The predicted molar refractivity (Wildman–Crippen MR) is 80.0 cm³/mol. The topological polar surface area (TPSA) is 73.6 Å². The number of nitrogens with one attached hydrogen (secondary N) is 1. The van der Waals surface area contributed by atoms with Crippen molar-refractivity contribution in [3.05, 3.63) is 36.1 Å². The predicted octanol–water partition coefficient (Wildman–Crippen LogP) is 2.79. The number of nitrogens with zero attached hydrogens (tertiary/aromatic N) is 1. The number of hydrogen-bond acceptors (Lipinski definition) is 5. The lowest BCUT2D eigenvalue weighted by molar-refractivity contribution is -0.118. The average Bonchev–Trinajstić information content (AvgIpc) is 3.26. The van der Waals surface area contributed by atoms with E-state index < -0.39 is 0 Å². The lowest BCUT2D eigenvalue weighted by Crippen LogP contribution is -2.20. The summed E-state index contributed by atoms with van der Waals surface area (Å²) in [6, 6.07) is 8.91. The minimum atomic E-state index is -0.289. The number of rotatable bonds is 7. The van der Waals surface area contributed by atoms with Gasteiger partial charge < -0.3 is 19.3 Å². The number of carbonyl (C=O) groups is 1. The number of carbonyl (C=O) groups excluding carboxylic acids is 1. The molecule has 1 saturated carbocycles. The minimum Gasteiger partial charge on any atom is -0.493 e. The van der Waals surface area contributed by atoms with Crippen LogP contribution in [0.2, 0.25) is 0 Å². The molecule has 0 unspecified atom stereocenters. The van der Waals surface area contributed by atoms with E-state index in [9.17, 15) is 4.79 Å². The molecule has 22 heavy (non-hydrogen) atoms. The van der Waals surface area contributed by atoms with Gasteiger partial charge in [0, 0.05) is 6.07 Å². The first-order valence-electron chi connectivity index (χ1n) is 7.28. The van der Waals surface area contributed by atoms with Gasteiger partial charge in [-0.15, -0.1) is 0 Å². The van der Waals surface area contributed by atoms with Crippen molar-refractivity contribution in [2.75, 3.05) is 18.5 Å². The average molecular weight is 302 g/mol. The highest BCUT2D eigenvalue weighted by molar-refractivity contribution is 5.90. The van der Waals surface area contributed by atoms with Crippen LogP contribution >= 0.6 is 0 Å². The Morgan fingerprint density at radius 1 is 1.27 bits per heavy atom. The van der Waals surface area contributed by atoms with Crippen molar-refractivity contribution in [1.29, 1.82) is 0 Å². The molecule has 3 rings (SSSR count). The maximum Gasteiger partial charge on any atom is 0.263 e. The Labute approximate surface area is 128 Å². The van der Waals surface area contributed by atoms with Gasteiger partial charge in [-0.25, -0.2) is 0 Å². The standard InChI is InChI=1S/C16H18N2O4/c1-11-8-15(18-22-11)17-16(19)10-21-14-6-4-13(5-7-14)20-9-12-2-3-12/h4-8,12H,2-3,9-10H2,1H3,(H,17,18,19). The van der Waals surface area contributed by atoms with E-state index in [1.807, 2.05) is 12.1 Å². The molecule has 6 nitrogen and oxygen atoms in total. The zero-order valence-corrected chi connectivity index (χ0v) is 12.4. The highest BCUT2D eigenvalue weighted by Crippen LogP contribution is 2.29. The molecule has 0 radical (unpaired) electrons. The molecule has 1 amide bonds. The Morgan fingerprint density at radius 2 is 1.95 bits per heavy atom. The fraction of sp³-hybridized carbons (Fsp3) is 0.375. The number of hydrogen-bond donors (Lipinski definition) is 1. The van der Waals surface area contributed by atoms with Gasteiger partial charge in [0.05, 0.1) is 6.61 Å². The van der Waals surface area contributed by atoms with Crippen LogP contribution in [-0.4, -0.2) is 24.3 Å². The smallest absolute Gasteiger partial charge is 0.263 e. The maximum atomic E-state index is 11.7. The summed E-state index contributed by atoms with van der Waals surface area (Å²) >= 11 is 0. The van der Waals surface area contributed by atoms with Gasteiger partial charge in [-0.3, -0.25) is 4.79 Å². The van der Waals surface area contributed by atoms with E-state index in [-0.39, 0.29) is 12.5 Å². The second-order valence-corrected chi connectivity index (χ2v) is 5.39. The number of anilines is 1. The molecule has 116 valence electrons. The van der Waals surface area contributed by atoms with Crippen molar-refractivity contribution in [3.8, 4) is 11.5 Å². The van der Waals surface area contributed by atoms with Crippen LogP contribution in [-0.2, 0) is 4.79 Å². The Hall–Kier alpha value is -2.50. The molecule has 0 atom stereocenters. The van der Waals surface area contributed by atoms with Gasteiger partial charge in [0.15, 0.2) is 12.4 Å². The Kier molecular flexibility index (Phi) is 4.27. The number of aromatic nitrogens is 1. The molecule has 1 heterocycles. The summed E-state index contributed by atoms with van der Waals surface area (Å²) in [6.45, 7) is 2.44. The number of benzene rings is 1. The summed E-state index contributed by atoms with van der Waals surface area (Å²) in [5, 5.41) is 6.27. The van der Waals surface area contributed by atoms with Crippen LogP contribution in [0.4, 0.5) is 5.82 Å². The third-order valence-electron chi connectivity index (χ3n) is 3.27. The SMILES string of the molecule is Cc1cc(NC(=O)COc2ccc(OCC3CC3)cc2)no1. The molecule has 1 fully saturated rings. The van der Waals surface area contributed by atoms with Crippen molar-refractivity contribution in [3.63, 3.8) is 0 Å². The fourth-order valence-corrected chi connectivity index (χ4v) is 1.88. The van der Waals surface area contributed by atoms with Gasteiger partial charge >= 0.3 is 0 Å². The van der Waals surface area contributed by atoms with Gasteiger partial charge in [-0.2, -0.15) is 0 Å². The molecule has 0 spiro atoms. The van der Waals surface area contributed by atoms with E-state index in [2.05, 4.69) is 10.5 Å². The zero-order chi connectivity index (χ0) is 15.4. The third-order valence-corrected chi connectivity index (χ3v) is 3.27. The molecule has 1 N–H and O–H groups in total. The first kappa shape index (κ1) is 14.4. The monoisotopic (exact) mass is 302 g/mol. The second-order valence-electron chi connectivity index (χ2n) is 5.39. The third kappa shape index (κ3) is 4.25. The summed E-state index contributed by atoms with van der Waals surface area (Å²) in [6.07, 6.45) is 2.53. The summed E-state index contributed by atoms with van der Waals surface area (Å²) < 4.78 is 15.9. The molecule has 1 aliphatic carbocycles. The molecule has 1 aromatic carbocycles. The van der Waals surface area contributed by atoms with E-state index in [1.54, 1.807) is 25.1 Å². The molecule has 1 aliphatic rings. The van der Waals surface area contributed by atoms with E-state index in [4.69, 9.17) is 14.0 Å². The second kappa shape index (κ2) is 6.51. The van der Waals surface area contributed by atoms with E-state index in [0.29, 0.717) is 17.3 Å². The van der Waals surface area contributed by atoms with Gasteiger partial charge in [-0.1, -0.05) is 5.16 Å². The number of ether oxygens (including phenoxy) is 2. The Bertz CT molecular complexity index is 632. The van der Waals surface area contributed by atoms with Gasteiger partial charge in [-0.05, 0) is 49.9 Å². The van der Waals surface area contributed by atoms with Crippen LogP contribution in [0.3, 0.4) is 0 Å². The largest absolute Gasteiger partial charge is 0.493 e. The lowest BCUT2D eigenvalue weighted by Gasteiger charge is -2.08. The van der Waals surface area contributed by atoms with Crippen LogP contribution in [0, 0.1) is 12.8 Å². The summed E-state index contributed by atoms with van der Waals surface area (Å²) in [7, 11) is 0. The van der Waals surface area contributed by atoms with Crippen molar-refractivity contribution < 1.29 is 18.8 Å². The zero-order valence-electron chi connectivity index (χ0n) is 12.4. The first-order valence-corrected chi connectivity index (χ1v) is 7.28. The van der Waals surface area contributed by atoms with Crippen LogP contribution in [0.15, 0.2) is 34.9 Å².